The van der Waals surface area contributed by atoms with Crippen LogP contribution in [0.5, 0.6) is 5.75 Å². The highest BCUT2D eigenvalue weighted by molar-refractivity contribution is 7.98. The van der Waals surface area contributed by atoms with Crippen LogP contribution in [0.2, 0.25) is 0 Å². The summed E-state index contributed by atoms with van der Waals surface area (Å²) in [5, 5.41) is 10.8. The number of benzene rings is 2. The van der Waals surface area contributed by atoms with Crippen molar-refractivity contribution >= 4 is 23.5 Å². The second kappa shape index (κ2) is 9.30. The molecule has 2 aliphatic rings. The van der Waals surface area contributed by atoms with Crippen molar-refractivity contribution in [1.29, 1.82) is 0 Å². The normalized spacial score (nSPS) is 19.7. The van der Waals surface area contributed by atoms with E-state index in [0.29, 0.717) is 21.6 Å². The van der Waals surface area contributed by atoms with Gasteiger partial charge in [0.1, 0.15) is 11.9 Å². The average Bonchev–Trinajstić information content (AvgIpc) is 3.03. The molecule has 3 aromatic rings. The number of pyridine rings is 1. The number of amides is 1. The summed E-state index contributed by atoms with van der Waals surface area (Å²) in [7, 11) is 0. The third kappa shape index (κ3) is 4.09. The minimum absolute atomic E-state index is 0.269. The number of aromatic nitrogens is 1. The van der Waals surface area contributed by atoms with E-state index in [1.807, 2.05) is 6.07 Å². The highest BCUT2D eigenvalue weighted by Gasteiger charge is 2.48. The Morgan fingerprint density at radius 1 is 1.11 bits per heavy atom. The van der Waals surface area contributed by atoms with E-state index in [-0.39, 0.29) is 5.75 Å². The highest BCUT2D eigenvalue weighted by Crippen LogP contribution is 2.48. The quantitative estimate of drug-likeness (QED) is 0.357. The molecular weight excluding hydrogens is 524 g/mol. The maximum Gasteiger partial charge on any atom is 0.408 e. The van der Waals surface area contributed by atoms with Crippen molar-refractivity contribution in [3.8, 4) is 5.75 Å². The molecule has 0 spiro atoms. The second-order valence-electron chi connectivity index (χ2n) is 9.39. The standard InChI is InChI=1S/C27H22F4N2O4S/c1-13(34)17-10-33-20(11-32(14(2)27(29,30)31)26(37)23(33)25(36)24(17)35)22-15-7-5-8-19(28)18(15)12-38-21-9-4-3-6-16(21)22/h3-10,14,20,22,36H,11-12H2,1-2H3/t14-,20?,22+/m1/s1. The van der Waals surface area contributed by atoms with Crippen molar-refractivity contribution in [3.63, 3.8) is 0 Å². The highest BCUT2D eigenvalue weighted by atomic mass is 32.2. The number of alkyl halides is 3. The summed E-state index contributed by atoms with van der Waals surface area (Å²) in [6.45, 7) is 1.48. The number of halogens is 4. The van der Waals surface area contributed by atoms with Gasteiger partial charge in [0, 0.05) is 34.9 Å². The Kier molecular flexibility index (Phi) is 6.37. The number of rotatable bonds is 3. The monoisotopic (exact) mass is 546 g/mol. The molecule has 0 fully saturated rings. The van der Waals surface area contributed by atoms with Crippen molar-refractivity contribution in [2.45, 2.75) is 48.7 Å². The number of nitrogens with zero attached hydrogens (tertiary/aromatic N) is 2. The molecular formula is C27H22F4N2O4S. The molecule has 1 aromatic heterocycles. The van der Waals surface area contributed by atoms with E-state index < -0.39 is 70.7 Å². The molecule has 0 aliphatic carbocycles. The number of thioether (sulfide) groups is 1. The fourth-order valence-corrected chi connectivity index (χ4v) is 6.39. The summed E-state index contributed by atoms with van der Waals surface area (Å²) in [6.07, 6.45) is -3.67. The lowest BCUT2D eigenvalue weighted by Crippen LogP contribution is -2.54. The van der Waals surface area contributed by atoms with Crippen LogP contribution >= 0.6 is 11.8 Å². The molecule has 1 unspecified atom stereocenters. The summed E-state index contributed by atoms with van der Waals surface area (Å²) in [5.41, 5.74) is -0.619. The number of hydrogen-bond acceptors (Lipinski definition) is 5. The fraction of sp³-hybridized carbons (Fsp3) is 0.296. The van der Waals surface area contributed by atoms with Gasteiger partial charge in [-0.1, -0.05) is 30.3 Å². The van der Waals surface area contributed by atoms with Gasteiger partial charge in [-0.25, -0.2) is 4.39 Å². The minimum atomic E-state index is -4.79. The Morgan fingerprint density at radius 2 is 1.79 bits per heavy atom. The predicted octanol–water partition coefficient (Wildman–Crippen LogP) is 5.28. The molecule has 5 rings (SSSR count). The van der Waals surface area contributed by atoms with Crippen molar-refractivity contribution < 1.29 is 32.3 Å². The lowest BCUT2D eigenvalue weighted by molar-refractivity contribution is -0.174. The molecule has 0 radical (unpaired) electrons. The van der Waals surface area contributed by atoms with E-state index in [1.165, 1.54) is 28.5 Å². The first-order chi connectivity index (χ1) is 17.9. The first kappa shape index (κ1) is 26.0. The zero-order valence-corrected chi connectivity index (χ0v) is 21.1. The molecule has 3 atom stereocenters. The summed E-state index contributed by atoms with van der Waals surface area (Å²) in [6, 6.07) is 8.41. The topological polar surface area (TPSA) is 79.6 Å². The molecule has 0 saturated carbocycles. The second-order valence-corrected chi connectivity index (χ2v) is 10.4. The lowest BCUT2D eigenvalue weighted by Gasteiger charge is -2.43. The van der Waals surface area contributed by atoms with Crippen LogP contribution in [-0.4, -0.2) is 45.0 Å². The summed E-state index contributed by atoms with van der Waals surface area (Å²) in [4.78, 5) is 39.7. The number of aromatic hydroxyl groups is 1. The minimum Gasteiger partial charge on any atom is -0.503 e. The van der Waals surface area contributed by atoms with Crippen LogP contribution in [0.1, 0.15) is 63.3 Å². The van der Waals surface area contributed by atoms with Gasteiger partial charge in [-0.3, -0.25) is 14.4 Å². The third-order valence-electron chi connectivity index (χ3n) is 7.24. The molecule has 2 aliphatic heterocycles. The summed E-state index contributed by atoms with van der Waals surface area (Å²) in [5.74, 6) is -3.95. The van der Waals surface area contributed by atoms with Crippen LogP contribution in [0.25, 0.3) is 0 Å². The largest absolute Gasteiger partial charge is 0.503 e. The van der Waals surface area contributed by atoms with Gasteiger partial charge < -0.3 is 14.6 Å². The number of fused-ring (bicyclic) bond motifs is 3. The SMILES string of the molecule is CC(=O)c1cn2c(c(O)c1=O)C(=O)N([C@H](C)C(F)(F)F)CC2[C@@H]1c2ccccc2SCc2c(F)cccc21. The van der Waals surface area contributed by atoms with E-state index in [0.717, 1.165) is 24.9 Å². The van der Waals surface area contributed by atoms with Gasteiger partial charge in [0.2, 0.25) is 5.43 Å². The first-order valence-electron chi connectivity index (χ1n) is 11.8. The maximum atomic E-state index is 15.1. The molecule has 1 N–H and O–H groups in total. The number of ketones is 1. The molecule has 11 heteroatoms. The van der Waals surface area contributed by atoms with E-state index in [1.54, 1.807) is 24.3 Å². The van der Waals surface area contributed by atoms with Crippen LogP contribution in [-0.2, 0) is 5.75 Å². The number of hydrogen-bond donors (Lipinski definition) is 1. The Labute approximate surface area is 218 Å². The number of carbonyl (C=O) groups excluding carboxylic acids is 2. The van der Waals surface area contributed by atoms with Gasteiger partial charge in [0.15, 0.2) is 17.2 Å². The van der Waals surface area contributed by atoms with Crippen LogP contribution in [0, 0.1) is 5.82 Å². The van der Waals surface area contributed by atoms with E-state index >= 15 is 4.39 Å². The maximum absolute atomic E-state index is 15.1. The van der Waals surface area contributed by atoms with Crippen LogP contribution in [0.3, 0.4) is 0 Å². The Balaban J connectivity index is 1.84. The van der Waals surface area contributed by atoms with Gasteiger partial charge in [0.25, 0.3) is 5.91 Å². The van der Waals surface area contributed by atoms with Gasteiger partial charge in [-0.05, 0) is 37.1 Å². The molecule has 1 amide bonds. The zero-order chi connectivity index (χ0) is 27.5. The van der Waals surface area contributed by atoms with Crippen molar-refractivity contribution in [1.82, 2.24) is 9.47 Å². The Bertz CT molecular complexity index is 1530. The van der Waals surface area contributed by atoms with Gasteiger partial charge in [-0.15, -0.1) is 11.8 Å². The molecule has 2 aromatic carbocycles. The third-order valence-corrected chi connectivity index (χ3v) is 8.35. The van der Waals surface area contributed by atoms with Gasteiger partial charge in [-0.2, -0.15) is 13.2 Å². The van der Waals surface area contributed by atoms with Crippen LogP contribution in [0.4, 0.5) is 17.6 Å². The summed E-state index contributed by atoms with van der Waals surface area (Å²) < 4.78 is 57.9. The van der Waals surface area contributed by atoms with Gasteiger partial charge >= 0.3 is 6.18 Å². The van der Waals surface area contributed by atoms with Crippen molar-refractivity contribution in [2.24, 2.45) is 0 Å². The van der Waals surface area contributed by atoms with E-state index in [4.69, 9.17) is 0 Å². The molecule has 38 heavy (non-hydrogen) atoms. The van der Waals surface area contributed by atoms with E-state index in [9.17, 15) is 32.7 Å². The van der Waals surface area contributed by atoms with Crippen LogP contribution in [0.15, 0.2) is 58.4 Å². The van der Waals surface area contributed by atoms with E-state index in [2.05, 4.69) is 0 Å². The molecule has 0 saturated heterocycles. The predicted molar refractivity (Wildman–Crippen MR) is 132 cm³/mol. The molecule has 6 nitrogen and oxygen atoms in total. The lowest BCUT2D eigenvalue weighted by atomic mass is 9.81. The number of carbonyl (C=O) groups is 2. The fourth-order valence-electron chi connectivity index (χ4n) is 5.25. The summed E-state index contributed by atoms with van der Waals surface area (Å²) >= 11 is 1.38. The van der Waals surface area contributed by atoms with Gasteiger partial charge in [0.05, 0.1) is 11.6 Å². The van der Waals surface area contributed by atoms with Crippen LogP contribution < -0.4 is 5.43 Å². The van der Waals surface area contributed by atoms with Crippen molar-refractivity contribution in [2.75, 3.05) is 6.54 Å². The smallest absolute Gasteiger partial charge is 0.408 e. The Morgan fingerprint density at radius 3 is 2.47 bits per heavy atom. The molecule has 3 heterocycles. The average molecular weight is 547 g/mol. The molecule has 198 valence electrons. The zero-order valence-electron chi connectivity index (χ0n) is 20.3. The van der Waals surface area contributed by atoms with Crippen molar-refractivity contribution in [3.05, 3.63) is 92.6 Å². The Hall–Kier alpha value is -3.60. The first-order valence-corrected chi connectivity index (χ1v) is 12.8. The number of Topliss-reactive ketones (excluding diaryl/α,β-unsaturated/α-hetero) is 1. The molecule has 0 bridgehead atoms.